The van der Waals surface area contributed by atoms with E-state index in [1.54, 1.807) is 0 Å². The Morgan fingerprint density at radius 2 is 0.654 bits per heavy atom. The van der Waals surface area contributed by atoms with Crippen molar-refractivity contribution in [2.75, 3.05) is 0 Å². The summed E-state index contributed by atoms with van der Waals surface area (Å²) < 4.78 is 0. The van der Waals surface area contributed by atoms with Gasteiger partial charge in [-0.1, -0.05) is 148 Å². The fourth-order valence-corrected chi connectivity index (χ4v) is 3.80. The Kier molecular flexibility index (Phi) is 24.5. The lowest BCUT2D eigenvalue weighted by Crippen LogP contribution is -1.84. The van der Waals surface area contributed by atoms with Crippen LogP contribution in [0.4, 0.5) is 0 Å². The minimum Gasteiger partial charge on any atom is -0.0888 e. The summed E-state index contributed by atoms with van der Waals surface area (Å²) in [6, 6.07) is 0. The van der Waals surface area contributed by atoms with Crippen LogP contribution in [-0.4, -0.2) is 0 Å². The van der Waals surface area contributed by atoms with Crippen LogP contribution in [0.1, 0.15) is 155 Å². The Labute approximate surface area is 167 Å². The molecule has 0 N–H and O–H groups in total. The predicted molar refractivity (Wildman–Crippen MR) is 122 cm³/mol. The molecule has 0 aliphatic rings. The smallest absolute Gasteiger partial charge is 0.0351 e. The number of allylic oxidation sites excluding steroid dienone is 2. The Morgan fingerprint density at radius 1 is 0.346 bits per heavy atom. The van der Waals surface area contributed by atoms with Crippen molar-refractivity contribution in [3.05, 3.63) is 12.2 Å². The van der Waals surface area contributed by atoms with Gasteiger partial charge in [0, 0.05) is 0 Å². The second-order valence-electron chi connectivity index (χ2n) is 8.39. The van der Waals surface area contributed by atoms with Crippen LogP contribution in [0.15, 0.2) is 12.2 Å². The zero-order chi connectivity index (χ0) is 19.0. The quantitative estimate of drug-likeness (QED) is 0.132. The van der Waals surface area contributed by atoms with Crippen LogP contribution in [-0.2, 0) is 0 Å². The maximum absolute atomic E-state index is 2.36. The Bertz CT molecular complexity index is 253. The number of hydrogen-bond donors (Lipinski definition) is 0. The van der Waals surface area contributed by atoms with E-state index >= 15 is 0 Å². The summed E-state index contributed by atoms with van der Waals surface area (Å²) in [6.45, 7) is 4.52. The molecule has 156 valence electrons. The first-order chi connectivity index (χ1) is 12.9. The highest BCUT2D eigenvalue weighted by atomic mass is 14.0. The lowest BCUT2D eigenvalue weighted by Gasteiger charge is -2.04. The summed E-state index contributed by atoms with van der Waals surface area (Å²) in [4.78, 5) is 0. The van der Waals surface area contributed by atoms with Crippen LogP contribution in [0, 0.1) is 0 Å². The van der Waals surface area contributed by atoms with Gasteiger partial charge in [-0.05, 0) is 19.3 Å². The second-order valence-corrected chi connectivity index (χ2v) is 8.39. The normalized spacial score (nSPS) is 11.6. The van der Waals surface area contributed by atoms with E-state index in [0.29, 0.717) is 0 Å². The van der Waals surface area contributed by atoms with Crippen molar-refractivity contribution in [3.8, 4) is 0 Å². The summed E-state index contributed by atoms with van der Waals surface area (Å²) in [6.07, 6.45) is 36.5. The second kappa shape index (κ2) is 24.7. The van der Waals surface area contributed by atoms with Crippen molar-refractivity contribution in [1.29, 1.82) is 0 Å². The molecule has 26 heavy (non-hydrogen) atoms. The zero-order valence-corrected chi connectivity index (χ0v) is 18.7. The van der Waals surface area contributed by atoms with Gasteiger partial charge in [-0.2, -0.15) is 0 Å². The van der Waals surface area contributed by atoms with E-state index in [1.165, 1.54) is 141 Å². The molecule has 0 heterocycles. The van der Waals surface area contributed by atoms with E-state index in [-0.39, 0.29) is 0 Å². The molecule has 0 saturated carbocycles. The third-order valence-corrected chi connectivity index (χ3v) is 5.63. The first-order valence-corrected chi connectivity index (χ1v) is 12.6. The van der Waals surface area contributed by atoms with Gasteiger partial charge in [0.1, 0.15) is 0 Å². The minimum atomic E-state index is 1.19. The van der Waals surface area contributed by atoms with Crippen molar-refractivity contribution in [3.63, 3.8) is 0 Å². The fourth-order valence-electron chi connectivity index (χ4n) is 3.80. The fraction of sp³-hybridized carbons (Fsp3) is 0.923. The minimum absolute atomic E-state index is 1.19. The molecule has 0 heteroatoms. The van der Waals surface area contributed by atoms with Crippen LogP contribution < -0.4 is 0 Å². The van der Waals surface area contributed by atoms with E-state index in [4.69, 9.17) is 0 Å². The Hall–Kier alpha value is -0.260. The molecule has 0 aliphatic heterocycles. The molecule has 0 aromatic heterocycles. The molecule has 0 aliphatic carbocycles. The first-order valence-electron chi connectivity index (χ1n) is 12.6. The number of rotatable bonds is 22. The van der Waals surface area contributed by atoms with Crippen LogP contribution in [0.2, 0.25) is 0 Å². The molecular weight excluding hydrogens is 312 g/mol. The molecule has 0 aromatic carbocycles. The molecule has 0 rings (SSSR count). The largest absolute Gasteiger partial charge is 0.0888 e. The van der Waals surface area contributed by atoms with Crippen molar-refractivity contribution in [2.45, 2.75) is 155 Å². The van der Waals surface area contributed by atoms with E-state index in [9.17, 15) is 0 Å². The lowest BCUT2D eigenvalue weighted by atomic mass is 10.0. The van der Waals surface area contributed by atoms with Gasteiger partial charge in [0.2, 0.25) is 0 Å². The van der Waals surface area contributed by atoms with Crippen molar-refractivity contribution < 1.29 is 0 Å². The highest BCUT2D eigenvalue weighted by Crippen LogP contribution is 2.15. The molecule has 0 aromatic rings. The maximum atomic E-state index is 2.36. The maximum Gasteiger partial charge on any atom is -0.0351 e. The first kappa shape index (κ1) is 25.7. The monoisotopic (exact) mass is 364 g/mol. The molecule has 0 fully saturated rings. The van der Waals surface area contributed by atoms with Crippen LogP contribution >= 0.6 is 0 Å². The van der Waals surface area contributed by atoms with Gasteiger partial charge in [0.25, 0.3) is 0 Å². The molecule has 0 saturated heterocycles. The highest BCUT2D eigenvalue weighted by molar-refractivity contribution is 4.79. The van der Waals surface area contributed by atoms with Gasteiger partial charge in [-0.15, -0.1) is 0 Å². The van der Waals surface area contributed by atoms with Crippen LogP contribution in [0.3, 0.4) is 0 Å². The van der Waals surface area contributed by atoms with Gasteiger partial charge in [0.05, 0.1) is 0 Å². The summed E-state index contributed by atoms with van der Waals surface area (Å²) in [5, 5.41) is 0. The summed E-state index contributed by atoms with van der Waals surface area (Å²) >= 11 is 0. The third-order valence-electron chi connectivity index (χ3n) is 5.63. The van der Waals surface area contributed by atoms with Crippen molar-refractivity contribution in [1.82, 2.24) is 0 Å². The molecule has 0 atom stereocenters. The van der Waals surface area contributed by atoms with Gasteiger partial charge < -0.3 is 0 Å². The van der Waals surface area contributed by atoms with E-state index < -0.39 is 0 Å². The lowest BCUT2D eigenvalue weighted by molar-refractivity contribution is 0.522. The SMILES string of the molecule is CCC=CCCCCCCCCCCCCCCCCCCCCCC. The Morgan fingerprint density at radius 3 is 0.962 bits per heavy atom. The highest BCUT2D eigenvalue weighted by Gasteiger charge is 1.95. The standard InChI is InChI=1S/C26H52/c1-3-5-7-9-11-13-15-17-19-21-23-25-26-24-22-20-18-16-14-12-10-8-6-4-2/h5,7H,3-4,6,8-26H2,1-2H3. The van der Waals surface area contributed by atoms with Crippen molar-refractivity contribution >= 4 is 0 Å². The Balaban J connectivity index is 2.98. The molecule has 0 bridgehead atoms. The molecule has 0 unspecified atom stereocenters. The average Bonchev–Trinajstić information content (AvgIpc) is 2.66. The summed E-state index contributed by atoms with van der Waals surface area (Å²) in [5.41, 5.74) is 0. The van der Waals surface area contributed by atoms with Gasteiger partial charge in [-0.25, -0.2) is 0 Å². The van der Waals surface area contributed by atoms with E-state index in [1.807, 2.05) is 0 Å². The van der Waals surface area contributed by atoms with Gasteiger partial charge in [-0.3, -0.25) is 0 Å². The topological polar surface area (TPSA) is 0 Å². The number of unbranched alkanes of at least 4 members (excludes halogenated alkanes) is 20. The zero-order valence-electron chi connectivity index (χ0n) is 18.7. The van der Waals surface area contributed by atoms with Crippen LogP contribution in [0.5, 0.6) is 0 Å². The molecule has 0 spiro atoms. The average molecular weight is 365 g/mol. The van der Waals surface area contributed by atoms with Gasteiger partial charge >= 0.3 is 0 Å². The molecule has 0 amide bonds. The third kappa shape index (κ3) is 23.7. The van der Waals surface area contributed by atoms with E-state index in [2.05, 4.69) is 26.0 Å². The molecule has 0 nitrogen and oxygen atoms in total. The summed E-state index contributed by atoms with van der Waals surface area (Å²) in [7, 11) is 0. The van der Waals surface area contributed by atoms with Crippen LogP contribution in [0.25, 0.3) is 0 Å². The van der Waals surface area contributed by atoms with Crippen molar-refractivity contribution in [2.24, 2.45) is 0 Å². The molecule has 0 radical (unpaired) electrons. The molecular formula is C26H52. The predicted octanol–water partition coefficient (Wildman–Crippen LogP) is 10.2. The van der Waals surface area contributed by atoms with E-state index in [0.717, 1.165) is 0 Å². The summed E-state index contributed by atoms with van der Waals surface area (Å²) in [5.74, 6) is 0. The number of hydrogen-bond acceptors (Lipinski definition) is 0. The van der Waals surface area contributed by atoms with Gasteiger partial charge in [0.15, 0.2) is 0 Å².